The number of hydrogen-bond acceptors (Lipinski definition) is 4. The Labute approximate surface area is 170 Å². The van der Waals surface area contributed by atoms with Gasteiger partial charge in [-0.25, -0.2) is 4.79 Å². The molecule has 1 aliphatic heterocycles. The van der Waals surface area contributed by atoms with Crippen LogP contribution in [0.1, 0.15) is 48.6 Å². The van der Waals surface area contributed by atoms with Crippen LogP contribution in [0, 0.1) is 12.8 Å². The Morgan fingerprint density at radius 2 is 1.96 bits per heavy atom. The molecule has 1 fully saturated rings. The van der Waals surface area contributed by atoms with Crippen LogP contribution in [0.25, 0.3) is 10.1 Å². The van der Waals surface area contributed by atoms with Gasteiger partial charge in [-0.15, -0.1) is 11.3 Å². The SMILES string of the molecule is Cc1c(C(NC2=CC=C(C(=O)O)N(C)C2)C2CCCCC2)sc2ccccc12. The summed E-state index contributed by atoms with van der Waals surface area (Å²) in [4.78, 5) is 14.6. The van der Waals surface area contributed by atoms with Gasteiger partial charge in [-0.3, -0.25) is 0 Å². The van der Waals surface area contributed by atoms with Crippen molar-refractivity contribution in [2.24, 2.45) is 5.92 Å². The van der Waals surface area contributed by atoms with Crippen molar-refractivity contribution in [2.45, 2.75) is 45.1 Å². The predicted molar refractivity (Wildman–Crippen MR) is 115 cm³/mol. The molecule has 1 aliphatic carbocycles. The van der Waals surface area contributed by atoms with Crippen LogP contribution < -0.4 is 5.32 Å². The van der Waals surface area contributed by atoms with Gasteiger partial charge < -0.3 is 15.3 Å². The van der Waals surface area contributed by atoms with Gasteiger partial charge in [0.2, 0.25) is 0 Å². The number of aliphatic carboxylic acids is 1. The third-order valence-electron chi connectivity index (χ3n) is 6.11. The van der Waals surface area contributed by atoms with Crippen molar-refractivity contribution in [1.29, 1.82) is 0 Å². The Kier molecular flexibility index (Phi) is 5.44. The normalized spacial score (nSPS) is 19.3. The van der Waals surface area contributed by atoms with Crippen LogP contribution in [-0.2, 0) is 4.79 Å². The van der Waals surface area contributed by atoms with E-state index in [1.165, 1.54) is 52.6 Å². The number of carbonyl (C=O) groups is 1. The second-order valence-corrected chi connectivity index (χ2v) is 9.10. The third kappa shape index (κ3) is 3.68. The molecule has 0 radical (unpaired) electrons. The molecule has 148 valence electrons. The lowest BCUT2D eigenvalue weighted by molar-refractivity contribution is -0.134. The molecule has 2 heterocycles. The van der Waals surface area contributed by atoms with E-state index in [0.29, 0.717) is 18.2 Å². The van der Waals surface area contributed by atoms with Crippen LogP contribution in [0.15, 0.2) is 47.8 Å². The Balaban J connectivity index is 1.68. The number of aryl methyl sites for hydroxylation is 1. The van der Waals surface area contributed by atoms with Gasteiger partial charge in [-0.05, 0) is 54.9 Å². The van der Waals surface area contributed by atoms with E-state index in [2.05, 4.69) is 36.5 Å². The number of carboxylic acid groups (broad SMARTS) is 1. The first-order chi connectivity index (χ1) is 13.5. The van der Waals surface area contributed by atoms with Crippen molar-refractivity contribution in [3.05, 3.63) is 58.3 Å². The zero-order valence-corrected chi connectivity index (χ0v) is 17.4. The Morgan fingerprint density at radius 3 is 2.64 bits per heavy atom. The average Bonchev–Trinajstić information content (AvgIpc) is 3.03. The van der Waals surface area contributed by atoms with E-state index >= 15 is 0 Å². The van der Waals surface area contributed by atoms with Gasteiger partial charge in [0.05, 0.1) is 12.6 Å². The summed E-state index contributed by atoms with van der Waals surface area (Å²) in [5.74, 6) is -0.251. The zero-order valence-electron chi connectivity index (χ0n) is 16.6. The standard InChI is InChI=1S/C23H28N2O2S/c1-15-18-10-6-7-11-20(18)28-22(15)21(16-8-4-3-5-9-16)24-17-12-13-19(23(26)27)25(2)14-17/h6-7,10-13,16,21,24H,3-5,8-9,14H2,1-2H3,(H,26,27). The minimum absolute atomic E-state index is 0.289. The number of likely N-dealkylation sites (N-methyl/N-ethyl adjacent to an activating group) is 1. The van der Waals surface area contributed by atoms with Gasteiger partial charge in [0.15, 0.2) is 0 Å². The number of fused-ring (bicyclic) bond motifs is 1. The molecule has 0 saturated heterocycles. The number of rotatable bonds is 5. The molecule has 0 spiro atoms. The van der Waals surface area contributed by atoms with Crippen molar-refractivity contribution >= 4 is 27.4 Å². The molecule has 0 amide bonds. The van der Waals surface area contributed by atoms with Gasteiger partial charge in [-0.2, -0.15) is 0 Å². The Hall–Kier alpha value is -2.27. The molecule has 5 heteroatoms. The second-order valence-electron chi connectivity index (χ2n) is 8.01. The number of thiophene rings is 1. The maximum atomic E-state index is 11.3. The highest BCUT2D eigenvalue weighted by atomic mass is 32.1. The third-order valence-corrected chi connectivity index (χ3v) is 7.46. The molecule has 2 aromatic rings. The summed E-state index contributed by atoms with van der Waals surface area (Å²) in [7, 11) is 1.84. The van der Waals surface area contributed by atoms with Crippen molar-refractivity contribution < 1.29 is 9.90 Å². The zero-order chi connectivity index (χ0) is 19.7. The van der Waals surface area contributed by atoms with Crippen LogP contribution in [0.5, 0.6) is 0 Å². The van der Waals surface area contributed by atoms with Crippen molar-refractivity contribution in [1.82, 2.24) is 10.2 Å². The van der Waals surface area contributed by atoms with Crippen LogP contribution in [0.3, 0.4) is 0 Å². The topological polar surface area (TPSA) is 52.6 Å². The molecule has 1 aromatic carbocycles. The number of carboxylic acids is 1. The number of nitrogens with zero attached hydrogens (tertiary/aromatic N) is 1. The van der Waals surface area contributed by atoms with Gasteiger partial charge in [0.1, 0.15) is 5.70 Å². The molecule has 1 saturated carbocycles. The molecule has 2 aliphatic rings. The predicted octanol–water partition coefficient (Wildman–Crippen LogP) is 5.22. The van der Waals surface area contributed by atoms with Crippen molar-refractivity contribution in [3.8, 4) is 0 Å². The monoisotopic (exact) mass is 396 g/mol. The molecular weight excluding hydrogens is 368 g/mol. The first-order valence-electron chi connectivity index (χ1n) is 10.1. The largest absolute Gasteiger partial charge is 0.477 e. The highest BCUT2D eigenvalue weighted by Gasteiger charge is 2.29. The summed E-state index contributed by atoms with van der Waals surface area (Å²) in [6, 6.07) is 8.95. The van der Waals surface area contributed by atoms with E-state index in [9.17, 15) is 9.90 Å². The quantitative estimate of drug-likeness (QED) is 0.728. The molecule has 28 heavy (non-hydrogen) atoms. The van der Waals surface area contributed by atoms with Crippen LogP contribution in [0.4, 0.5) is 0 Å². The lowest BCUT2D eigenvalue weighted by atomic mass is 9.82. The number of nitrogens with one attached hydrogen (secondary N) is 1. The van der Waals surface area contributed by atoms with Gasteiger partial charge in [0, 0.05) is 22.3 Å². The average molecular weight is 397 g/mol. The van der Waals surface area contributed by atoms with Crippen LogP contribution in [0.2, 0.25) is 0 Å². The fourth-order valence-corrected chi connectivity index (χ4v) is 5.94. The Bertz CT molecular complexity index is 937. The van der Waals surface area contributed by atoms with E-state index in [1.807, 2.05) is 24.5 Å². The molecule has 1 aromatic heterocycles. The number of benzene rings is 1. The molecule has 1 atom stereocenters. The van der Waals surface area contributed by atoms with E-state index in [1.54, 1.807) is 11.0 Å². The molecule has 0 bridgehead atoms. The summed E-state index contributed by atoms with van der Waals surface area (Å²) < 4.78 is 1.35. The highest BCUT2D eigenvalue weighted by Crippen LogP contribution is 2.42. The second kappa shape index (κ2) is 8.00. The van der Waals surface area contributed by atoms with Crippen LogP contribution in [-0.4, -0.2) is 29.6 Å². The van der Waals surface area contributed by atoms with Gasteiger partial charge >= 0.3 is 5.97 Å². The Morgan fingerprint density at radius 1 is 1.21 bits per heavy atom. The minimum atomic E-state index is -0.873. The molecule has 2 N–H and O–H groups in total. The van der Waals surface area contributed by atoms with Crippen molar-refractivity contribution in [3.63, 3.8) is 0 Å². The maximum Gasteiger partial charge on any atom is 0.352 e. The highest BCUT2D eigenvalue weighted by molar-refractivity contribution is 7.19. The molecular formula is C23H28N2O2S. The number of hydrogen-bond donors (Lipinski definition) is 2. The fraction of sp³-hybridized carbons (Fsp3) is 0.435. The van der Waals surface area contributed by atoms with E-state index in [0.717, 1.165) is 5.70 Å². The molecule has 4 nitrogen and oxygen atoms in total. The minimum Gasteiger partial charge on any atom is -0.477 e. The van der Waals surface area contributed by atoms with Gasteiger partial charge in [0.25, 0.3) is 0 Å². The lowest BCUT2D eigenvalue weighted by Crippen LogP contribution is -2.36. The summed E-state index contributed by atoms with van der Waals surface area (Å²) in [5, 5.41) is 14.5. The smallest absolute Gasteiger partial charge is 0.352 e. The summed E-state index contributed by atoms with van der Waals surface area (Å²) in [5.41, 5.74) is 2.83. The summed E-state index contributed by atoms with van der Waals surface area (Å²) in [6.45, 7) is 2.85. The van der Waals surface area contributed by atoms with E-state index < -0.39 is 5.97 Å². The first kappa shape index (κ1) is 19.1. The molecule has 4 rings (SSSR count). The molecule has 1 unspecified atom stereocenters. The lowest BCUT2D eigenvalue weighted by Gasteiger charge is -2.34. The van der Waals surface area contributed by atoms with E-state index in [-0.39, 0.29) is 6.04 Å². The fourth-order valence-electron chi connectivity index (χ4n) is 4.58. The number of allylic oxidation sites excluding steroid dienone is 2. The van der Waals surface area contributed by atoms with Crippen LogP contribution >= 0.6 is 11.3 Å². The van der Waals surface area contributed by atoms with Gasteiger partial charge in [-0.1, -0.05) is 37.5 Å². The first-order valence-corrected chi connectivity index (χ1v) is 11.0. The van der Waals surface area contributed by atoms with Crippen molar-refractivity contribution in [2.75, 3.05) is 13.6 Å². The summed E-state index contributed by atoms with van der Waals surface area (Å²) >= 11 is 1.91. The van der Waals surface area contributed by atoms with E-state index in [4.69, 9.17) is 0 Å². The summed E-state index contributed by atoms with van der Waals surface area (Å²) in [6.07, 6.45) is 10.1. The maximum absolute atomic E-state index is 11.3.